The number of methoxy groups -OCH3 is 1. The monoisotopic (exact) mass is 347 g/mol. The molecule has 1 aromatic rings. The Hall–Kier alpha value is -1.25. The molecule has 0 aromatic carbocycles. The zero-order valence-electron chi connectivity index (χ0n) is 9.39. The first kappa shape index (κ1) is 15.8. The van der Waals surface area contributed by atoms with E-state index in [0.29, 0.717) is 6.07 Å². The predicted molar refractivity (Wildman–Crippen MR) is 57.6 cm³/mol. The summed E-state index contributed by atoms with van der Waals surface area (Å²) in [5, 5.41) is 0. The second kappa shape index (κ2) is 5.81. The number of rotatable bonds is 3. The molecule has 3 nitrogen and oxygen atoms in total. The average molecular weight is 348 g/mol. The highest BCUT2D eigenvalue weighted by atomic mass is 79.9. The molecule has 106 valence electrons. The number of aromatic nitrogens is 1. The van der Waals surface area contributed by atoms with Gasteiger partial charge in [-0.15, -0.1) is 0 Å². The number of carbonyl (C=O) groups is 1. The van der Waals surface area contributed by atoms with Crippen LogP contribution < -0.4 is 0 Å². The molecule has 0 radical (unpaired) electrons. The van der Waals surface area contributed by atoms with Gasteiger partial charge in [-0.3, -0.25) is 4.79 Å². The lowest BCUT2D eigenvalue weighted by Gasteiger charge is -2.14. The van der Waals surface area contributed by atoms with Gasteiger partial charge in [-0.1, -0.05) is 0 Å². The van der Waals surface area contributed by atoms with Crippen LogP contribution in [0.5, 0.6) is 0 Å². The lowest BCUT2D eigenvalue weighted by Crippen LogP contribution is -2.16. The number of halogens is 6. The van der Waals surface area contributed by atoms with E-state index in [0.717, 1.165) is 7.11 Å². The van der Waals surface area contributed by atoms with Crippen molar-refractivity contribution in [2.24, 2.45) is 0 Å². The zero-order valence-corrected chi connectivity index (χ0v) is 11.0. The maximum atomic E-state index is 12.7. The molecule has 0 N–H and O–H groups in total. The minimum absolute atomic E-state index is 0.599. The summed E-state index contributed by atoms with van der Waals surface area (Å²) in [6.07, 6.45) is -8.65. The van der Waals surface area contributed by atoms with Gasteiger partial charge in [0.25, 0.3) is 6.43 Å². The molecule has 0 aliphatic rings. The summed E-state index contributed by atoms with van der Waals surface area (Å²) in [6, 6.07) is 0.599. The van der Waals surface area contributed by atoms with Crippen molar-refractivity contribution in [3.63, 3.8) is 0 Å². The summed E-state index contributed by atoms with van der Waals surface area (Å²) < 4.78 is 66.9. The van der Waals surface area contributed by atoms with Gasteiger partial charge in [-0.2, -0.15) is 13.2 Å². The van der Waals surface area contributed by atoms with Gasteiger partial charge in [0.2, 0.25) is 0 Å². The first-order valence-electron chi connectivity index (χ1n) is 4.78. The zero-order chi connectivity index (χ0) is 14.8. The second-order valence-electron chi connectivity index (χ2n) is 3.43. The van der Waals surface area contributed by atoms with Crippen molar-refractivity contribution in [3.8, 4) is 0 Å². The number of hydrogen-bond donors (Lipinski definition) is 0. The third-order valence-electron chi connectivity index (χ3n) is 2.15. The number of alkyl halides is 5. The van der Waals surface area contributed by atoms with Crippen LogP contribution in [0, 0.1) is 0 Å². The van der Waals surface area contributed by atoms with E-state index in [-0.39, 0.29) is 0 Å². The topological polar surface area (TPSA) is 39.2 Å². The van der Waals surface area contributed by atoms with Crippen LogP contribution in [0.15, 0.2) is 10.7 Å². The predicted octanol–water partition coefficient (Wildman–Crippen LogP) is 3.52. The standard InChI is InChI=1S/C10H7BrF5NO2/c1-19-6(18)3-4-2-5(9(12)13)8(11)17-7(4)10(14,15)16/h2,9H,3H2,1H3. The Morgan fingerprint density at radius 3 is 2.47 bits per heavy atom. The largest absolute Gasteiger partial charge is 0.469 e. The minimum atomic E-state index is -4.85. The van der Waals surface area contributed by atoms with Crippen LogP contribution >= 0.6 is 15.9 Å². The van der Waals surface area contributed by atoms with E-state index in [1.807, 2.05) is 0 Å². The molecule has 19 heavy (non-hydrogen) atoms. The molecule has 1 rings (SSSR count). The summed E-state index contributed by atoms with van der Waals surface area (Å²) in [6.45, 7) is 0. The molecule has 0 spiro atoms. The highest BCUT2D eigenvalue weighted by molar-refractivity contribution is 9.10. The summed E-state index contributed by atoms with van der Waals surface area (Å²) in [5.74, 6) is -0.977. The Kier molecular flexibility index (Phi) is 4.83. The lowest BCUT2D eigenvalue weighted by atomic mass is 10.1. The van der Waals surface area contributed by atoms with E-state index in [9.17, 15) is 26.7 Å². The third-order valence-corrected chi connectivity index (χ3v) is 2.78. The molecule has 0 atom stereocenters. The van der Waals surface area contributed by atoms with Crippen molar-refractivity contribution in [1.29, 1.82) is 0 Å². The Balaban J connectivity index is 3.37. The average Bonchev–Trinajstić information content (AvgIpc) is 2.28. The molecule has 1 heterocycles. The van der Waals surface area contributed by atoms with E-state index in [1.165, 1.54) is 0 Å². The Labute approximate surface area is 112 Å². The van der Waals surface area contributed by atoms with Crippen LogP contribution in [0.3, 0.4) is 0 Å². The Morgan fingerprint density at radius 2 is 2.05 bits per heavy atom. The number of hydrogen-bond acceptors (Lipinski definition) is 3. The molecular weight excluding hydrogens is 341 g/mol. The second-order valence-corrected chi connectivity index (χ2v) is 4.18. The van der Waals surface area contributed by atoms with Gasteiger partial charge >= 0.3 is 12.1 Å². The molecular formula is C10H7BrF5NO2. The summed E-state index contributed by atoms with van der Waals surface area (Å²) in [7, 11) is 0.982. The van der Waals surface area contributed by atoms with Crippen molar-refractivity contribution in [1.82, 2.24) is 4.98 Å². The normalized spacial score (nSPS) is 11.8. The maximum absolute atomic E-state index is 12.7. The van der Waals surface area contributed by atoms with Gasteiger partial charge < -0.3 is 4.74 Å². The molecule has 0 saturated heterocycles. The Bertz CT molecular complexity index is 490. The van der Waals surface area contributed by atoms with Gasteiger partial charge in [0, 0.05) is 0 Å². The fourth-order valence-corrected chi connectivity index (χ4v) is 1.78. The number of carbonyl (C=O) groups excluding carboxylic acids is 1. The smallest absolute Gasteiger partial charge is 0.433 e. The van der Waals surface area contributed by atoms with Crippen molar-refractivity contribution < 1.29 is 31.5 Å². The fourth-order valence-electron chi connectivity index (χ4n) is 1.31. The number of pyridine rings is 1. The fraction of sp³-hybridized carbons (Fsp3) is 0.400. The van der Waals surface area contributed by atoms with Gasteiger partial charge in [-0.05, 0) is 27.6 Å². The summed E-state index contributed by atoms with van der Waals surface area (Å²) in [5.41, 5.74) is -2.76. The highest BCUT2D eigenvalue weighted by Crippen LogP contribution is 2.35. The lowest BCUT2D eigenvalue weighted by molar-refractivity contribution is -0.143. The first-order chi connectivity index (χ1) is 8.66. The van der Waals surface area contributed by atoms with E-state index in [2.05, 4.69) is 25.7 Å². The van der Waals surface area contributed by atoms with Gasteiger partial charge in [0.15, 0.2) is 0 Å². The van der Waals surface area contributed by atoms with E-state index in [1.54, 1.807) is 0 Å². The Morgan fingerprint density at radius 1 is 1.47 bits per heavy atom. The van der Waals surface area contributed by atoms with Gasteiger partial charge in [-0.25, -0.2) is 13.8 Å². The quantitative estimate of drug-likeness (QED) is 0.477. The molecule has 0 unspecified atom stereocenters. The van der Waals surface area contributed by atoms with E-state index in [4.69, 9.17) is 0 Å². The highest BCUT2D eigenvalue weighted by Gasteiger charge is 2.37. The van der Waals surface area contributed by atoms with E-state index >= 15 is 0 Å². The van der Waals surface area contributed by atoms with Gasteiger partial charge in [0.05, 0.1) is 19.1 Å². The molecule has 0 aliphatic heterocycles. The molecule has 9 heteroatoms. The molecule has 0 bridgehead atoms. The molecule has 0 aliphatic carbocycles. The SMILES string of the molecule is COC(=O)Cc1cc(C(F)F)c(Br)nc1C(F)(F)F. The van der Waals surface area contributed by atoms with Crippen LogP contribution in [0.2, 0.25) is 0 Å². The summed E-state index contributed by atoms with van der Waals surface area (Å²) >= 11 is 2.55. The van der Waals surface area contributed by atoms with Crippen molar-refractivity contribution >= 4 is 21.9 Å². The van der Waals surface area contributed by atoms with Crippen LogP contribution in [-0.4, -0.2) is 18.1 Å². The van der Waals surface area contributed by atoms with Gasteiger partial charge in [0.1, 0.15) is 10.3 Å². The molecule has 1 aromatic heterocycles. The van der Waals surface area contributed by atoms with Crippen LogP contribution in [0.1, 0.15) is 23.2 Å². The maximum Gasteiger partial charge on any atom is 0.433 e. The molecule has 0 amide bonds. The van der Waals surface area contributed by atoms with Crippen LogP contribution in [0.25, 0.3) is 0 Å². The minimum Gasteiger partial charge on any atom is -0.469 e. The summed E-state index contributed by atoms with van der Waals surface area (Å²) in [4.78, 5) is 14.1. The van der Waals surface area contributed by atoms with Crippen molar-refractivity contribution in [2.45, 2.75) is 19.0 Å². The van der Waals surface area contributed by atoms with E-state index < -0.39 is 46.4 Å². The van der Waals surface area contributed by atoms with Crippen molar-refractivity contribution in [3.05, 3.63) is 27.5 Å². The number of esters is 1. The molecule has 0 fully saturated rings. The molecule has 0 saturated carbocycles. The van der Waals surface area contributed by atoms with Crippen LogP contribution in [-0.2, 0) is 22.1 Å². The third kappa shape index (κ3) is 3.85. The number of nitrogens with zero attached hydrogens (tertiary/aromatic N) is 1. The van der Waals surface area contributed by atoms with Crippen molar-refractivity contribution in [2.75, 3.05) is 7.11 Å². The van der Waals surface area contributed by atoms with Crippen LogP contribution in [0.4, 0.5) is 22.0 Å². The number of ether oxygens (including phenoxy) is 1. The first-order valence-corrected chi connectivity index (χ1v) is 5.57.